The lowest BCUT2D eigenvalue weighted by Crippen LogP contribution is -2.04. The highest BCUT2D eigenvalue weighted by atomic mass is 14.7. The van der Waals surface area contributed by atoms with Crippen LogP contribution in [0.2, 0.25) is 0 Å². The van der Waals surface area contributed by atoms with E-state index in [-0.39, 0.29) is 0 Å². The fraction of sp³-hybridized carbons (Fsp3) is 0.227. The fourth-order valence-corrected chi connectivity index (χ4v) is 3.91. The van der Waals surface area contributed by atoms with Gasteiger partial charge in [0, 0.05) is 23.4 Å². The Balaban J connectivity index is 1.88. The van der Waals surface area contributed by atoms with Gasteiger partial charge in [0.2, 0.25) is 0 Å². The van der Waals surface area contributed by atoms with Crippen molar-refractivity contribution in [2.24, 2.45) is 0 Å². The van der Waals surface area contributed by atoms with Gasteiger partial charge in [-0.1, -0.05) is 67.6 Å². The molecule has 1 nitrogen and oxygen atoms in total. The summed E-state index contributed by atoms with van der Waals surface area (Å²) in [6.07, 6.45) is 5.41. The molecule has 1 atom stereocenters. The fourth-order valence-electron chi connectivity index (χ4n) is 3.91. The van der Waals surface area contributed by atoms with Gasteiger partial charge in [0.05, 0.1) is 0 Å². The number of fused-ring (bicyclic) bond motifs is 1. The highest BCUT2D eigenvalue weighted by Gasteiger charge is 2.28. The Bertz CT molecular complexity index is 806. The Kier molecular flexibility index (Phi) is 3.70. The monoisotopic (exact) mass is 299 g/mol. The highest BCUT2D eigenvalue weighted by molar-refractivity contribution is 5.69. The molecule has 0 N–H and O–H groups in total. The van der Waals surface area contributed by atoms with Crippen LogP contribution in [0, 0.1) is 0 Å². The van der Waals surface area contributed by atoms with Crippen molar-refractivity contribution in [2.75, 3.05) is 0 Å². The number of nitrogens with zero attached hydrogens (tertiary/aromatic N) is 1. The molecule has 0 saturated heterocycles. The number of hydrogen-bond donors (Lipinski definition) is 0. The van der Waals surface area contributed by atoms with Crippen LogP contribution in [-0.4, -0.2) is 4.98 Å². The smallest absolute Gasteiger partial charge is 0.0445 e. The maximum Gasteiger partial charge on any atom is 0.0445 e. The summed E-state index contributed by atoms with van der Waals surface area (Å²) in [5.74, 6) is 0.498. The first kappa shape index (κ1) is 14.2. The van der Waals surface area contributed by atoms with Crippen molar-refractivity contribution in [3.05, 3.63) is 89.2 Å². The topological polar surface area (TPSA) is 12.9 Å². The molecule has 0 spiro atoms. The lowest BCUT2D eigenvalue weighted by Gasteiger charge is -2.18. The first-order valence-corrected chi connectivity index (χ1v) is 8.49. The van der Waals surface area contributed by atoms with Crippen molar-refractivity contribution in [1.29, 1.82) is 0 Å². The van der Waals surface area contributed by atoms with Gasteiger partial charge in [-0.2, -0.15) is 0 Å². The van der Waals surface area contributed by atoms with Crippen molar-refractivity contribution in [2.45, 2.75) is 32.1 Å². The molecule has 114 valence electrons. The van der Waals surface area contributed by atoms with Gasteiger partial charge < -0.3 is 0 Å². The van der Waals surface area contributed by atoms with Crippen molar-refractivity contribution >= 4 is 0 Å². The molecule has 0 amide bonds. The van der Waals surface area contributed by atoms with Gasteiger partial charge in [-0.25, -0.2) is 0 Å². The minimum absolute atomic E-state index is 0.498. The second-order valence-corrected chi connectivity index (χ2v) is 6.23. The van der Waals surface area contributed by atoms with Gasteiger partial charge in [-0.15, -0.1) is 0 Å². The Morgan fingerprint density at radius 1 is 0.957 bits per heavy atom. The number of pyridine rings is 1. The molecule has 1 heterocycles. The molecule has 0 saturated carbocycles. The molecule has 1 aliphatic rings. The summed E-state index contributed by atoms with van der Waals surface area (Å²) in [6.45, 7) is 2.27. The molecule has 1 aliphatic carbocycles. The van der Waals surface area contributed by atoms with E-state index in [2.05, 4.69) is 73.8 Å². The zero-order valence-electron chi connectivity index (χ0n) is 13.5. The maximum absolute atomic E-state index is 4.82. The third-order valence-corrected chi connectivity index (χ3v) is 4.97. The van der Waals surface area contributed by atoms with Crippen LogP contribution in [0.5, 0.6) is 0 Å². The number of rotatable bonds is 3. The molecule has 23 heavy (non-hydrogen) atoms. The van der Waals surface area contributed by atoms with Gasteiger partial charge in [-0.05, 0) is 41.5 Å². The standard InChI is InChI=1S/C22H21N/c1-2-18-20(17-11-7-4-8-12-17)15-23-21-14-13-19(22(18)21)16-9-5-3-6-10-16/h3-12,15,19H,2,13-14H2,1H3. The highest BCUT2D eigenvalue weighted by Crippen LogP contribution is 2.42. The predicted molar refractivity (Wildman–Crippen MR) is 95.7 cm³/mol. The summed E-state index contributed by atoms with van der Waals surface area (Å²) < 4.78 is 0. The summed E-state index contributed by atoms with van der Waals surface area (Å²) in [5, 5.41) is 0. The van der Waals surface area contributed by atoms with E-state index in [1.54, 1.807) is 0 Å². The Morgan fingerprint density at radius 3 is 2.35 bits per heavy atom. The normalized spacial score (nSPS) is 16.3. The molecular weight excluding hydrogens is 278 g/mol. The van der Waals surface area contributed by atoms with Gasteiger partial charge >= 0.3 is 0 Å². The first-order valence-electron chi connectivity index (χ1n) is 8.49. The van der Waals surface area contributed by atoms with Gasteiger partial charge in [0.15, 0.2) is 0 Å². The van der Waals surface area contributed by atoms with Crippen LogP contribution in [0.4, 0.5) is 0 Å². The third kappa shape index (κ3) is 2.46. The van der Waals surface area contributed by atoms with E-state index in [1.165, 1.54) is 39.9 Å². The number of benzene rings is 2. The maximum atomic E-state index is 4.82. The second kappa shape index (κ2) is 6.00. The lowest BCUT2D eigenvalue weighted by molar-refractivity contribution is 0.780. The van der Waals surface area contributed by atoms with Gasteiger partial charge in [0.25, 0.3) is 0 Å². The molecule has 2 aromatic carbocycles. The zero-order chi connectivity index (χ0) is 15.6. The van der Waals surface area contributed by atoms with E-state index < -0.39 is 0 Å². The lowest BCUT2D eigenvalue weighted by atomic mass is 9.87. The summed E-state index contributed by atoms with van der Waals surface area (Å²) in [7, 11) is 0. The quantitative estimate of drug-likeness (QED) is 0.632. The second-order valence-electron chi connectivity index (χ2n) is 6.23. The van der Waals surface area contributed by atoms with E-state index in [4.69, 9.17) is 4.98 Å². The van der Waals surface area contributed by atoms with Crippen LogP contribution in [-0.2, 0) is 12.8 Å². The third-order valence-electron chi connectivity index (χ3n) is 4.97. The molecule has 4 rings (SSSR count). The van der Waals surface area contributed by atoms with Crippen LogP contribution in [0.15, 0.2) is 66.9 Å². The molecular formula is C22H21N. The largest absolute Gasteiger partial charge is 0.260 e. The predicted octanol–water partition coefficient (Wildman–Crippen LogP) is 5.39. The van der Waals surface area contributed by atoms with Crippen LogP contribution in [0.3, 0.4) is 0 Å². The van der Waals surface area contributed by atoms with Crippen molar-refractivity contribution < 1.29 is 0 Å². The molecule has 0 bridgehead atoms. The average Bonchev–Trinajstić information content (AvgIpc) is 3.06. The summed E-state index contributed by atoms with van der Waals surface area (Å²) in [5.41, 5.74) is 8.27. The Morgan fingerprint density at radius 2 is 1.65 bits per heavy atom. The van der Waals surface area contributed by atoms with Gasteiger partial charge in [-0.3, -0.25) is 4.98 Å². The van der Waals surface area contributed by atoms with Crippen molar-refractivity contribution in [3.63, 3.8) is 0 Å². The zero-order valence-corrected chi connectivity index (χ0v) is 13.5. The van der Waals surface area contributed by atoms with E-state index >= 15 is 0 Å². The summed E-state index contributed by atoms with van der Waals surface area (Å²) in [4.78, 5) is 4.82. The van der Waals surface area contributed by atoms with E-state index in [0.717, 1.165) is 12.8 Å². The Labute approximate surface area is 138 Å². The molecule has 0 fully saturated rings. The van der Waals surface area contributed by atoms with Crippen LogP contribution >= 0.6 is 0 Å². The van der Waals surface area contributed by atoms with Crippen LogP contribution in [0.25, 0.3) is 11.1 Å². The molecule has 1 unspecified atom stereocenters. The molecule has 3 aromatic rings. The van der Waals surface area contributed by atoms with Crippen LogP contribution < -0.4 is 0 Å². The SMILES string of the molecule is CCc1c(-c2ccccc2)cnc2c1C(c1ccccc1)CC2. The molecule has 0 radical (unpaired) electrons. The van der Waals surface area contributed by atoms with E-state index in [0.29, 0.717) is 5.92 Å². The number of hydrogen-bond acceptors (Lipinski definition) is 1. The molecule has 0 aliphatic heterocycles. The Hall–Kier alpha value is -2.41. The molecule has 1 aromatic heterocycles. The minimum Gasteiger partial charge on any atom is -0.260 e. The van der Waals surface area contributed by atoms with Crippen molar-refractivity contribution in [3.8, 4) is 11.1 Å². The van der Waals surface area contributed by atoms with Crippen molar-refractivity contribution in [1.82, 2.24) is 4.98 Å². The van der Waals surface area contributed by atoms with Gasteiger partial charge in [0.1, 0.15) is 0 Å². The number of aryl methyl sites for hydroxylation is 1. The average molecular weight is 299 g/mol. The van der Waals surface area contributed by atoms with E-state index in [9.17, 15) is 0 Å². The van der Waals surface area contributed by atoms with Crippen LogP contribution in [0.1, 0.15) is 41.6 Å². The van der Waals surface area contributed by atoms with E-state index in [1.807, 2.05) is 0 Å². The summed E-state index contributed by atoms with van der Waals surface area (Å²) in [6, 6.07) is 21.6. The minimum atomic E-state index is 0.498. The number of aromatic nitrogens is 1. The molecule has 1 heteroatoms. The summed E-state index contributed by atoms with van der Waals surface area (Å²) >= 11 is 0. The first-order chi connectivity index (χ1) is 11.4.